The first kappa shape index (κ1) is 16.9. The molecular formula is C21H15F2N3O. The lowest BCUT2D eigenvalue weighted by molar-refractivity contribution is 0.485. The Kier molecular flexibility index (Phi) is 4.61. The predicted octanol–water partition coefficient (Wildman–Crippen LogP) is 5.22. The van der Waals surface area contributed by atoms with Gasteiger partial charge >= 0.3 is 0 Å². The van der Waals surface area contributed by atoms with Gasteiger partial charge in [-0.15, -0.1) is 10.2 Å². The molecule has 0 bridgehead atoms. The smallest absolute Gasteiger partial charge is 0.247 e. The molecule has 0 aliphatic carbocycles. The van der Waals surface area contributed by atoms with Crippen LogP contribution in [0.4, 0.5) is 14.5 Å². The van der Waals surface area contributed by atoms with Crippen LogP contribution in [0.2, 0.25) is 0 Å². The monoisotopic (exact) mass is 363 g/mol. The maximum Gasteiger partial charge on any atom is 0.247 e. The second kappa shape index (κ2) is 7.37. The molecule has 3 aromatic carbocycles. The number of rotatable bonds is 5. The van der Waals surface area contributed by atoms with Crippen LogP contribution >= 0.6 is 0 Å². The van der Waals surface area contributed by atoms with E-state index in [9.17, 15) is 8.78 Å². The molecule has 0 aliphatic heterocycles. The van der Waals surface area contributed by atoms with Gasteiger partial charge in [-0.25, -0.2) is 8.78 Å². The van der Waals surface area contributed by atoms with Crippen LogP contribution in [0.5, 0.6) is 0 Å². The maximum absolute atomic E-state index is 14.4. The topological polar surface area (TPSA) is 51.0 Å². The molecule has 4 nitrogen and oxygen atoms in total. The standard InChI is InChI=1S/C21H15F2N3O/c22-15-10-12-16(13-11-15)24-19(17-8-4-5-9-18(17)23)21-26-25-20(27-21)14-6-2-1-3-7-14/h1-13,19,24H/t19-/m0/s1. The molecular weight excluding hydrogens is 348 g/mol. The van der Waals surface area contributed by atoms with Gasteiger partial charge in [0.1, 0.15) is 17.7 Å². The summed E-state index contributed by atoms with van der Waals surface area (Å²) >= 11 is 0. The molecule has 0 saturated carbocycles. The van der Waals surface area contributed by atoms with Crippen molar-refractivity contribution < 1.29 is 13.2 Å². The molecule has 134 valence electrons. The fourth-order valence-electron chi connectivity index (χ4n) is 2.74. The molecule has 27 heavy (non-hydrogen) atoms. The van der Waals surface area contributed by atoms with E-state index in [4.69, 9.17) is 4.42 Å². The van der Waals surface area contributed by atoms with Crippen LogP contribution in [0.1, 0.15) is 17.5 Å². The summed E-state index contributed by atoms with van der Waals surface area (Å²) in [6.07, 6.45) is 0. The zero-order chi connectivity index (χ0) is 18.6. The van der Waals surface area contributed by atoms with E-state index in [1.54, 1.807) is 30.3 Å². The highest BCUT2D eigenvalue weighted by atomic mass is 19.1. The van der Waals surface area contributed by atoms with E-state index in [1.165, 1.54) is 18.2 Å². The maximum atomic E-state index is 14.4. The minimum Gasteiger partial charge on any atom is -0.418 e. The van der Waals surface area contributed by atoms with Crippen molar-refractivity contribution in [1.29, 1.82) is 0 Å². The summed E-state index contributed by atoms with van der Waals surface area (Å²) in [6.45, 7) is 0. The summed E-state index contributed by atoms with van der Waals surface area (Å²) < 4.78 is 33.4. The SMILES string of the molecule is Fc1ccc(N[C@H](c2nnc(-c3ccccc3)o2)c2ccccc2F)cc1. The van der Waals surface area contributed by atoms with Crippen molar-refractivity contribution >= 4 is 5.69 Å². The van der Waals surface area contributed by atoms with E-state index in [2.05, 4.69) is 15.5 Å². The summed E-state index contributed by atoms with van der Waals surface area (Å²) in [5.41, 5.74) is 1.72. The Hall–Kier alpha value is -3.54. The van der Waals surface area contributed by atoms with Crippen LogP contribution in [-0.2, 0) is 0 Å². The third-order valence-electron chi connectivity index (χ3n) is 4.08. The van der Waals surface area contributed by atoms with Crippen LogP contribution in [-0.4, -0.2) is 10.2 Å². The Morgan fingerprint density at radius 2 is 1.48 bits per heavy atom. The zero-order valence-electron chi connectivity index (χ0n) is 14.1. The minimum absolute atomic E-state index is 0.211. The number of benzene rings is 3. The highest BCUT2D eigenvalue weighted by Crippen LogP contribution is 2.29. The van der Waals surface area contributed by atoms with Crippen LogP contribution in [0, 0.1) is 11.6 Å². The molecule has 0 radical (unpaired) electrons. The van der Waals surface area contributed by atoms with Gasteiger partial charge in [0.15, 0.2) is 0 Å². The average Bonchev–Trinajstić information content (AvgIpc) is 3.19. The number of hydrogen-bond donors (Lipinski definition) is 1. The highest BCUT2D eigenvalue weighted by Gasteiger charge is 2.24. The van der Waals surface area contributed by atoms with E-state index in [-0.39, 0.29) is 11.7 Å². The number of aromatic nitrogens is 2. The first-order chi connectivity index (χ1) is 13.2. The van der Waals surface area contributed by atoms with Crippen molar-refractivity contribution in [2.45, 2.75) is 6.04 Å². The molecule has 0 aliphatic rings. The van der Waals surface area contributed by atoms with Crippen molar-refractivity contribution in [3.8, 4) is 11.5 Å². The van der Waals surface area contributed by atoms with E-state index in [0.717, 1.165) is 5.56 Å². The van der Waals surface area contributed by atoms with Gasteiger partial charge in [-0.05, 0) is 42.5 Å². The van der Waals surface area contributed by atoms with Crippen LogP contribution in [0.3, 0.4) is 0 Å². The Bertz CT molecular complexity index is 1030. The third kappa shape index (κ3) is 3.69. The number of nitrogens with zero attached hydrogens (tertiary/aromatic N) is 2. The molecule has 1 atom stereocenters. The lowest BCUT2D eigenvalue weighted by Crippen LogP contribution is -2.14. The Labute approximate surface area is 154 Å². The summed E-state index contributed by atoms with van der Waals surface area (Å²) in [5, 5.41) is 11.3. The van der Waals surface area contributed by atoms with Crippen molar-refractivity contribution in [1.82, 2.24) is 10.2 Å². The van der Waals surface area contributed by atoms with Gasteiger partial charge in [0.25, 0.3) is 0 Å². The number of nitrogens with one attached hydrogen (secondary N) is 1. The largest absolute Gasteiger partial charge is 0.418 e. The van der Waals surface area contributed by atoms with Gasteiger partial charge in [0.2, 0.25) is 11.8 Å². The molecule has 0 unspecified atom stereocenters. The molecule has 1 aromatic heterocycles. The summed E-state index contributed by atoms with van der Waals surface area (Å²) in [7, 11) is 0. The summed E-state index contributed by atoms with van der Waals surface area (Å²) in [4.78, 5) is 0. The third-order valence-corrected chi connectivity index (χ3v) is 4.08. The number of halogens is 2. The van der Waals surface area contributed by atoms with Gasteiger partial charge in [0, 0.05) is 16.8 Å². The molecule has 0 saturated heterocycles. The molecule has 0 fully saturated rings. The van der Waals surface area contributed by atoms with Crippen molar-refractivity contribution in [3.05, 3.63) is 102 Å². The van der Waals surface area contributed by atoms with Gasteiger partial charge in [-0.1, -0.05) is 36.4 Å². The minimum atomic E-state index is -0.721. The first-order valence-corrected chi connectivity index (χ1v) is 8.36. The second-order valence-electron chi connectivity index (χ2n) is 5.92. The Morgan fingerprint density at radius 1 is 0.778 bits per heavy atom. The lowest BCUT2D eigenvalue weighted by atomic mass is 10.1. The molecule has 4 rings (SSSR count). The second-order valence-corrected chi connectivity index (χ2v) is 5.92. The molecule has 1 N–H and O–H groups in total. The first-order valence-electron chi connectivity index (χ1n) is 8.36. The van der Waals surface area contributed by atoms with E-state index >= 15 is 0 Å². The van der Waals surface area contributed by atoms with E-state index in [1.807, 2.05) is 30.3 Å². The van der Waals surface area contributed by atoms with Crippen LogP contribution in [0.15, 0.2) is 83.3 Å². The van der Waals surface area contributed by atoms with Crippen molar-refractivity contribution in [3.63, 3.8) is 0 Å². The molecule has 4 aromatic rings. The number of hydrogen-bond acceptors (Lipinski definition) is 4. The Morgan fingerprint density at radius 3 is 2.22 bits per heavy atom. The summed E-state index contributed by atoms with van der Waals surface area (Å²) in [6, 6.07) is 20.7. The lowest BCUT2D eigenvalue weighted by Gasteiger charge is -2.17. The van der Waals surface area contributed by atoms with E-state index < -0.39 is 11.9 Å². The van der Waals surface area contributed by atoms with Gasteiger partial charge in [-0.2, -0.15) is 0 Å². The van der Waals surface area contributed by atoms with Gasteiger partial charge in [-0.3, -0.25) is 0 Å². The zero-order valence-corrected chi connectivity index (χ0v) is 14.1. The Balaban J connectivity index is 1.73. The molecule has 1 heterocycles. The fraction of sp³-hybridized carbons (Fsp3) is 0.0476. The highest BCUT2D eigenvalue weighted by molar-refractivity contribution is 5.52. The quantitative estimate of drug-likeness (QED) is 0.528. The molecule has 0 spiro atoms. The fourth-order valence-corrected chi connectivity index (χ4v) is 2.74. The van der Waals surface area contributed by atoms with Crippen LogP contribution in [0.25, 0.3) is 11.5 Å². The van der Waals surface area contributed by atoms with Crippen molar-refractivity contribution in [2.75, 3.05) is 5.32 Å². The van der Waals surface area contributed by atoms with Crippen molar-refractivity contribution in [2.24, 2.45) is 0 Å². The van der Waals surface area contributed by atoms with E-state index in [0.29, 0.717) is 17.1 Å². The molecule has 0 amide bonds. The number of anilines is 1. The van der Waals surface area contributed by atoms with Gasteiger partial charge < -0.3 is 9.73 Å². The normalized spacial score (nSPS) is 11.9. The molecule has 6 heteroatoms. The van der Waals surface area contributed by atoms with Gasteiger partial charge in [0.05, 0.1) is 0 Å². The predicted molar refractivity (Wildman–Crippen MR) is 98.0 cm³/mol. The summed E-state index contributed by atoms with van der Waals surface area (Å²) in [5.74, 6) is -0.208. The average molecular weight is 363 g/mol. The van der Waals surface area contributed by atoms with Crippen LogP contribution < -0.4 is 5.32 Å².